The fourth-order valence-corrected chi connectivity index (χ4v) is 2.65. The van der Waals surface area contributed by atoms with Crippen molar-refractivity contribution in [1.29, 1.82) is 0 Å². The first kappa shape index (κ1) is 6.93. The van der Waals surface area contributed by atoms with Gasteiger partial charge in [-0.2, -0.15) is 0 Å². The van der Waals surface area contributed by atoms with Crippen molar-refractivity contribution in [2.75, 3.05) is 0 Å². The fraction of sp³-hybridized carbons (Fsp3) is 1.00. The zero-order valence-electron chi connectivity index (χ0n) is 6.22. The van der Waals surface area contributed by atoms with Crippen LogP contribution in [0.15, 0.2) is 0 Å². The van der Waals surface area contributed by atoms with E-state index < -0.39 is 0 Å². The van der Waals surface area contributed by atoms with E-state index in [4.69, 9.17) is 11.8 Å². The van der Waals surface area contributed by atoms with Gasteiger partial charge in [-0.3, -0.25) is 0 Å². The van der Waals surface area contributed by atoms with Gasteiger partial charge in [0.05, 0.1) is 0 Å². The van der Waals surface area contributed by atoms with Crippen LogP contribution in [0.2, 0.25) is 0 Å². The van der Waals surface area contributed by atoms with Crippen molar-refractivity contribution < 1.29 is 0 Å². The number of piperidine rings is 2. The van der Waals surface area contributed by atoms with Gasteiger partial charge < -0.3 is 0 Å². The predicted octanol–water partition coefficient (Wildman–Crippen LogP) is 2.55. The molecule has 2 heteroatoms. The van der Waals surface area contributed by atoms with Crippen LogP contribution < -0.4 is 0 Å². The topological polar surface area (TPSA) is 3.24 Å². The van der Waals surface area contributed by atoms with Crippen LogP contribution in [0, 0.1) is 0 Å². The van der Waals surface area contributed by atoms with E-state index in [0.717, 1.165) is 0 Å². The first-order chi connectivity index (χ1) is 4.88. The van der Waals surface area contributed by atoms with Crippen molar-refractivity contribution in [3.63, 3.8) is 0 Å². The summed E-state index contributed by atoms with van der Waals surface area (Å²) in [5.41, 5.74) is 0. The minimum Gasteiger partial charge on any atom is -0.214 e. The molecule has 2 rings (SSSR count). The molecule has 0 aromatic carbocycles. The molecule has 0 saturated carbocycles. The molecule has 0 atom stereocenters. The second-order valence-electron chi connectivity index (χ2n) is 3.51. The molecule has 0 unspecified atom stereocenters. The van der Waals surface area contributed by atoms with Crippen molar-refractivity contribution in [2.24, 2.45) is 0 Å². The lowest BCUT2D eigenvalue weighted by molar-refractivity contribution is 0.128. The lowest BCUT2D eigenvalue weighted by Gasteiger charge is -2.41. The second-order valence-corrected chi connectivity index (χ2v) is 3.90. The standard InChI is InChI=1S/C8H14ClN/c9-10-7-3-1-4-8(10)6-2-5-7/h7-8H,1-6H2. The van der Waals surface area contributed by atoms with Crippen LogP contribution >= 0.6 is 11.8 Å². The molecule has 2 bridgehead atoms. The van der Waals surface area contributed by atoms with Gasteiger partial charge in [0.25, 0.3) is 0 Å². The maximum atomic E-state index is 6.12. The molecule has 0 aliphatic carbocycles. The van der Waals surface area contributed by atoms with Crippen molar-refractivity contribution in [3.8, 4) is 0 Å². The third-order valence-electron chi connectivity index (χ3n) is 2.85. The van der Waals surface area contributed by atoms with E-state index in [0.29, 0.717) is 12.1 Å². The molecule has 0 N–H and O–H groups in total. The molecule has 0 radical (unpaired) electrons. The number of fused-ring (bicyclic) bond motifs is 2. The van der Waals surface area contributed by atoms with E-state index in [1.807, 2.05) is 0 Å². The number of halogens is 1. The Morgan fingerprint density at radius 1 is 0.900 bits per heavy atom. The van der Waals surface area contributed by atoms with Crippen molar-refractivity contribution in [1.82, 2.24) is 4.42 Å². The van der Waals surface area contributed by atoms with E-state index in [2.05, 4.69) is 4.42 Å². The van der Waals surface area contributed by atoms with Crippen LogP contribution in [0.4, 0.5) is 0 Å². The molecule has 1 nitrogen and oxygen atoms in total. The molecule has 10 heavy (non-hydrogen) atoms. The highest BCUT2D eigenvalue weighted by atomic mass is 35.5. The van der Waals surface area contributed by atoms with Gasteiger partial charge in [0.2, 0.25) is 0 Å². The van der Waals surface area contributed by atoms with E-state index in [-0.39, 0.29) is 0 Å². The molecule has 2 aliphatic heterocycles. The summed E-state index contributed by atoms with van der Waals surface area (Å²) in [6.07, 6.45) is 8.14. The highest BCUT2D eigenvalue weighted by molar-refractivity contribution is 6.13. The number of nitrogens with zero attached hydrogens (tertiary/aromatic N) is 1. The first-order valence-corrected chi connectivity index (χ1v) is 4.66. The maximum absolute atomic E-state index is 6.12. The molecule has 2 fully saturated rings. The first-order valence-electron chi connectivity index (χ1n) is 4.32. The van der Waals surface area contributed by atoms with E-state index in [1.54, 1.807) is 0 Å². The molecular formula is C8H14ClN. The SMILES string of the molecule is ClN1C2CCCC1CCC2. The Morgan fingerprint density at radius 2 is 1.30 bits per heavy atom. The second kappa shape index (κ2) is 2.71. The lowest BCUT2D eigenvalue weighted by Crippen LogP contribution is -2.43. The molecule has 2 saturated heterocycles. The van der Waals surface area contributed by atoms with Gasteiger partial charge in [0, 0.05) is 12.1 Å². The Labute approximate surface area is 67.5 Å². The summed E-state index contributed by atoms with van der Waals surface area (Å²) in [6, 6.07) is 1.43. The lowest BCUT2D eigenvalue weighted by atomic mass is 9.87. The molecule has 2 aliphatic rings. The van der Waals surface area contributed by atoms with Crippen molar-refractivity contribution >= 4 is 11.8 Å². The van der Waals surface area contributed by atoms with Crippen molar-refractivity contribution in [3.05, 3.63) is 0 Å². The van der Waals surface area contributed by atoms with Crippen LogP contribution in [0.25, 0.3) is 0 Å². The number of hydrogen-bond donors (Lipinski definition) is 0. The van der Waals surface area contributed by atoms with Crippen LogP contribution in [-0.2, 0) is 0 Å². The minimum atomic E-state index is 0.717. The van der Waals surface area contributed by atoms with E-state index in [9.17, 15) is 0 Å². The van der Waals surface area contributed by atoms with Crippen LogP contribution in [-0.4, -0.2) is 16.5 Å². The fourth-order valence-electron chi connectivity index (χ4n) is 2.26. The largest absolute Gasteiger partial charge is 0.214 e. The summed E-state index contributed by atoms with van der Waals surface area (Å²) in [5, 5.41) is 0. The van der Waals surface area contributed by atoms with Crippen LogP contribution in [0.5, 0.6) is 0 Å². The Bertz CT molecular complexity index is 104. The summed E-state index contributed by atoms with van der Waals surface area (Å²) in [6.45, 7) is 0. The van der Waals surface area contributed by atoms with Gasteiger partial charge in [0.1, 0.15) is 0 Å². The smallest absolute Gasteiger partial charge is 0.0254 e. The van der Waals surface area contributed by atoms with Gasteiger partial charge in [-0.25, -0.2) is 4.42 Å². The molecule has 58 valence electrons. The van der Waals surface area contributed by atoms with Gasteiger partial charge in [-0.1, -0.05) is 12.8 Å². The quantitative estimate of drug-likeness (QED) is 0.491. The molecular weight excluding hydrogens is 146 g/mol. The maximum Gasteiger partial charge on any atom is 0.0254 e. The number of hydrogen-bond acceptors (Lipinski definition) is 1. The Morgan fingerprint density at radius 3 is 1.60 bits per heavy atom. The third-order valence-corrected chi connectivity index (χ3v) is 3.40. The number of rotatable bonds is 0. The van der Waals surface area contributed by atoms with Gasteiger partial charge in [-0.15, -0.1) is 0 Å². The predicted molar refractivity (Wildman–Crippen MR) is 43.0 cm³/mol. The summed E-state index contributed by atoms with van der Waals surface area (Å²) in [5.74, 6) is 0. The van der Waals surface area contributed by atoms with Crippen LogP contribution in [0.3, 0.4) is 0 Å². The Kier molecular flexibility index (Phi) is 1.88. The Hall–Kier alpha value is 0.250. The minimum absolute atomic E-state index is 0.717. The third kappa shape index (κ3) is 1.06. The molecule has 0 spiro atoms. The molecule has 0 aromatic rings. The van der Waals surface area contributed by atoms with Crippen molar-refractivity contribution in [2.45, 2.75) is 50.6 Å². The monoisotopic (exact) mass is 159 g/mol. The summed E-state index contributed by atoms with van der Waals surface area (Å²) < 4.78 is 2.09. The van der Waals surface area contributed by atoms with Gasteiger partial charge >= 0.3 is 0 Å². The zero-order chi connectivity index (χ0) is 6.97. The summed E-state index contributed by atoms with van der Waals surface area (Å²) >= 11 is 6.12. The molecule has 0 amide bonds. The Balaban J connectivity index is 2.05. The van der Waals surface area contributed by atoms with E-state index >= 15 is 0 Å². The average Bonchev–Trinajstić information content (AvgIpc) is 1.86. The highest BCUT2D eigenvalue weighted by Gasteiger charge is 2.32. The molecule has 2 heterocycles. The zero-order valence-corrected chi connectivity index (χ0v) is 6.98. The highest BCUT2D eigenvalue weighted by Crippen LogP contribution is 2.34. The van der Waals surface area contributed by atoms with Crippen LogP contribution in [0.1, 0.15) is 38.5 Å². The normalized spacial score (nSPS) is 41.7. The average molecular weight is 160 g/mol. The molecule has 0 aromatic heterocycles. The van der Waals surface area contributed by atoms with E-state index in [1.165, 1.54) is 38.5 Å². The van der Waals surface area contributed by atoms with Gasteiger partial charge in [-0.05, 0) is 37.5 Å². The summed E-state index contributed by atoms with van der Waals surface area (Å²) in [4.78, 5) is 0. The van der Waals surface area contributed by atoms with Gasteiger partial charge in [0.15, 0.2) is 0 Å². The summed E-state index contributed by atoms with van der Waals surface area (Å²) in [7, 11) is 0.